The molecule has 2 aliphatic carbocycles. The number of benzene rings is 1. The van der Waals surface area contributed by atoms with Crippen LogP contribution in [0.25, 0.3) is 0 Å². The Bertz CT molecular complexity index is 488. The highest BCUT2D eigenvalue weighted by Gasteiger charge is 2.40. The van der Waals surface area contributed by atoms with Crippen molar-refractivity contribution in [3.63, 3.8) is 0 Å². The standard InChI is InChI=1S/C16H23N3O/c17-13-6-1-2-7-14(13)19-16(20)12-8-10-4-3-5-11(9-12)15(10)18/h1-2,6-7,10-12,15H,3-5,8-9,17-18H2,(H,19,20). The average Bonchev–Trinajstić information content (AvgIpc) is 2.41. The van der Waals surface area contributed by atoms with Gasteiger partial charge < -0.3 is 16.8 Å². The number of nitrogens with one attached hydrogen (secondary N) is 1. The third-order valence-electron chi connectivity index (χ3n) is 5.00. The van der Waals surface area contributed by atoms with E-state index in [-0.39, 0.29) is 11.8 Å². The first kappa shape index (κ1) is 13.4. The highest BCUT2D eigenvalue weighted by molar-refractivity contribution is 5.95. The molecule has 0 aliphatic heterocycles. The van der Waals surface area contributed by atoms with Gasteiger partial charge in [0, 0.05) is 12.0 Å². The summed E-state index contributed by atoms with van der Waals surface area (Å²) in [7, 11) is 0. The van der Waals surface area contributed by atoms with Crippen molar-refractivity contribution in [1.29, 1.82) is 0 Å². The summed E-state index contributed by atoms with van der Waals surface area (Å²) in [6.07, 6.45) is 5.47. The predicted octanol–water partition coefficient (Wildman–Crippen LogP) is 2.36. The molecular formula is C16H23N3O. The van der Waals surface area contributed by atoms with E-state index >= 15 is 0 Å². The zero-order chi connectivity index (χ0) is 14.1. The first-order chi connectivity index (χ1) is 9.65. The fourth-order valence-corrected chi connectivity index (χ4v) is 3.85. The van der Waals surface area contributed by atoms with E-state index in [0.29, 0.717) is 23.6 Å². The Labute approximate surface area is 119 Å². The highest BCUT2D eigenvalue weighted by atomic mass is 16.1. The number of carbonyl (C=O) groups excluding carboxylic acids is 1. The lowest BCUT2D eigenvalue weighted by atomic mass is 9.65. The van der Waals surface area contributed by atoms with Crippen molar-refractivity contribution < 1.29 is 4.79 Å². The summed E-state index contributed by atoms with van der Waals surface area (Å²) in [6, 6.07) is 7.71. The lowest BCUT2D eigenvalue weighted by Gasteiger charge is -2.43. The van der Waals surface area contributed by atoms with Gasteiger partial charge in [0.05, 0.1) is 11.4 Å². The molecule has 0 heterocycles. The molecule has 1 aromatic carbocycles. The zero-order valence-electron chi connectivity index (χ0n) is 11.7. The van der Waals surface area contributed by atoms with Gasteiger partial charge in [-0.3, -0.25) is 4.79 Å². The van der Waals surface area contributed by atoms with Crippen molar-refractivity contribution in [1.82, 2.24) is 0 Å². The van der Waals surface area contributed by atoms with Gasteiger partial charge in [0.1, 0.15) is 0 Å². The van der Waals surface area contributed by atoms with Gasteiger partial charge in [0.15, 0.2) is 0 Å². The summed E-state index contributed by atoms with van der Waals surface area (Å²) < 4.78 is 0. The predicted molar refractivity (Wildman–Crippen MR) is 81.0 cm³/mol. The molecule has 2 bridgehead atoms. The van der Waals surface area contributed by atoms with Crippen LogP contribution in [0.15, 0.2) is 24.3 Å². The third kappa shape index (κ3) is 2.52. The Morgan fingerprint density at radius 3 is 2.45 bits per heavy atom. The first-order valence-electron chi connectivity index (χ1n) is 7.56. The minimum atomic E-state index is 0.0877. The van der Waals surface area contributed by atoms with Gasteiger partial charge in [-0.1, -0.05) is 18.6 Å². The number of hydrogen-bond donors (Lipinski definition) is 3. The van der Waals surface area contributed by atoms with Crippen LogP contribution >= 0.6 is 0 Å². The van der Waals surface area contributed by atoms with E-state index in [1.54, 1.807) is 6.07 Å². The molecule has 0 spiro atoms. The smallest absolute Gasteiger partial charge is 0.227 e. The van der Waals surface area contributed by atoms with Gasteiger partial charge in [-0.15, -0.1) is 0 Å². The zero-order valence-corrected chi connectivity index (χ0v) is 11.7. The van der Waals surface area contributed by atoms with Gasteiger partial charge in [0.25, 0.3) is 0 Å². The Kier molecular flexibility index (Phi) is 3.66. The molecule has 1 amide bonds. The van der Waals surface area contributed by atoms with Crippen molar-refractivity contribution in [2.45, 2.75) is 38.1 Å². The van der Waals surface area contributed by atoms with Crippen molar-refractivity contribution >= 4 is 17.3 Å². The molecule has 2 atom stereocenters. The molecule has 2 saturated carbocycles. The lowest BCUT2D eigenvalue weighted by Crippen LogP contribution is -2.48. The van der Waals surface area contributed by atoms with Crippen molar-refractivity contribution in [3.05, 3.63) is 24.3 Å². The number of hydrogen-bond acceptors (Lipinski definition) is 3. The Morgan fingerprint density at radius 2 is 1.80 bits per heavy atom. The molecule has 0 saturated heterocycles. The summed E-state index contributed by atoms with van der Waals surface area (Å²) in [6.45, 7) is 0. The van der Waals surface area contributed by atoms with E-state index in [1.165, 1.54) is 19.3 Å². The molecule has 0 radical (unpaired) electrons. The van der Waals surface area contributed by atoms with E-state index in [9.17, 15) is 4.79 Å². The Balaban J connectivity index is 1.68. The van der Waals surface area contributed by atoms with Crippen molar-refractivity contribution in [2.24, 2.45) is 23.5 Å². The molecule has 4 nitrogen and oxygen atoms in total. The molecule has 20 heavy (non-hydrogen) atoms. The number of fused-ring (bicyclic) bond motifs is 2. The number of rotatable bonds is 2. The first-order valence-corrected chi connectivity index (χ1v) is 7.56. The van der Waals surface area contributed by atoms with Crippen LogP contribution in [0.1, 0.15) is 32.1 Å². The fourth-order valence-electron chi connectivity index (χ4n) is 3.85. The molecule has 3 rings (SSSR count). The monoisotopic (exact) mass is 273 g/mol. The van der Waals surface area contributed by atoms with Crippen LogP contribution < -0.4 is 16.8 Å². The topological polar surface area (TPSA) is 81.1 Å². The normalized spacial score (nSPS) is 32.6. The maximum atomic E-state index is 12.5. The van der Waals surface area contributed by atoms with Crippen LogP contribution in [0.5, 0.6) is 0 Å². The van der Waals surface area contributed by atoms with E-state index in [2.05, 4.69) is 5.32 Å². The lowest BCUT2D eigenvalue weighted by molar-refractivity contribution is -0.122. The largest absolute Gasteiger partial charge is 0.397 e. The minimum absolute atomic E-state index is 0.0877. The quantitative estimate of drug-likeness (QED) is 0.723. The van der Waals surface area contributed by atoms with Gasteiger partial charge >= 0.3 is 0 Å². The van der Waals surface area contributed by atoms with E-state index in [4.69, 9.17) is 11.5 Å². The number of nitrogens with two attached hydrogens (primary N) is 2. The second kappa shape index (κ2) is 5.44. The number of para-hydroxylation sites is 2. The molecule has 5 N–H and O–H groups in total. The minimum Gasteiger partial charge on any atom is -0.397 e. The second-order valence-corrected chi connectivity index (χ2v) is 6.27. The SMILES string of the molecule is Nc1ccccc1NC(=O)C1CC2CCCC(C1)C2N. The van der Waals surface area contributed by atoms with Crippen LogP contribution in [0, 0.1) is 17.8 Å². The van der Waals surface area contributed by atoms with Crippen LogP contribution in [0.2, 0.25) is 0 Å². The molecule has 2 unspecified atom stereocenters. The molecule has 4 heteroatoms. The van der Waals surface area contributed by atoms with Crippen molar-refractivity contribution in [3.8, 4) is 0 Å². The highest BCUT2D eigenvalue weighted by Crippen LogP contribution is 2.42. The number of anilines is 2. The van der Waals surface area contributed by atoms with Crippen LogP contribution in [0.4, 0.5) is 11.4 Å². The van der Waals surface area contributed by atoms with Crippen LogP contribution in [0.3, 0.4) is 0 Å². The van der Waals surface area contributed by atoms with Gasteiger partial charge in [-0.05, 0) is 49.7 Å². The van der Waals surface area contributed by atoms with Crippen LogP contribution in [-0.2, 0) is 4.79 Å². The second-order valence-electron chi connectivity index (χ2n) is 6.27. The molecule has 1 aromatic rings. The van der Waals surface area contributed by atoms with Gasteiger partial charge in [0.2, 0.25) is 5.91 Å². The summed E-state index contributed by atoms with van der Waals surface area (Å²) in [4.78, 5) is 12.5. The Morgan fingerprint density at radius 1 is 1.15 bits per heavy atom. The molecule has 2 fully saturated rings. The van der Waals surface area contributed by atoms with Gasteiger partial charge in [-0.25, -0.2) is 0 Å². The number of carbonyl (C=O) groups is 1. The fraction of sp³-hybridized carbons (Fsp3) is 0.562. The summed E-state index contributed by atoms with van der Waals surface area (Å²) >= 11 is 0. The van der Waals surface area contributed by atoms with E-state index in [1.807, 2.05) is 18.2 Å². The number of amides is 1. The molecule has 108 valence electrons. The molecule has 0 aromatic heterocycles. The van der Waals surface area contributed by atoms with Gasteiger partial charge in [-0.2, -0.15) is 0 Å². The summed E-state index contributed by atoms with van der Waals surface area (Å²) in [5, 5.41) is 2.98. The molecular weight excluding hydrogens is 250 g/mol. The Hall–Kier alpha value is -1.55. The van der Waals surface area contributed by atoms with E-state index < -0.39 is 0 Å². The van der Waals surface area contributed by atoms with E-state index in [0.717, 1.165) is 18.5 Å². The average molecular weight is 273 g/mol. The summed E-state index contributed by atoms with van der Waals surface area (Å²) in [5.41, 5.74) is 13.5. The van der Waals surface area contributed by atoms with Crippen LogP contribution in [-0.4, -0.2) is 11.9 Å². The third-order valence-corrected chi connectivity index (χ3v) is 5.00. The maximum absolute atomic E-state index is 12.5. The van der Waals surface area contributed by atoms with Crippen molar-refractivity contribution in [2.75, 3.05) is 11.1 Å². The maximum Gasteiger partial charge on any atom is 0.227 e. The molecule has 2 aliphatic rings. The number of nitrogen functional groups attached to an aromatic ring is 1. The summed E-state index contributed by atoms with van der Waals surface area (Å²) in [5.74, 6) is 1.23.